The van der Waals surface area contributed by atoms with Crippen LogP contribution in [-0.2, 0) is 30.7 Å². The number of carbonyl (C=O) groups excluding carboxylic acids is 1. The van der Waals surface area contributed by atoms with Gasteiger partial charge in [-0.15, -0.1) is 0 Å². The van der Waals surface area contributed by atoms with Crippen molar-refractivity contribution in [3.8, 4) is 22.6 Å². The van der Waals surface area contributed by atoms with Gasteiger partial charge in [0.2, 0.25) is 5.91 Å². The highest BCUT2D eigenvalue weighted by atomic mass is 35.5. The molecule has 5 rings (SSSR count). The van der Waals surface area contributed by atoms with Gasteiger partial charge in [-0.25, -0.2) is 4.98 Å². The van der Waals surface area contributed by atoms with E-state index < -0.39 is 11.9 Å². The van der Waals surface area contributed by atoms with Crippen molar-refractivity contribution in [1.82, 2.24) is 15.6 Å². The Balaban J connectivity index is 1.34. The lowest BCUT2D eigenvalue weighted by atomic mass is 9.97. The molecule has 10 heteroatoms. The number of nitrogens with one attached hydrogen (secondary N) is 2. The van der Waals surface area contributed by atoms with Crippen molar-refractivity contribution in [2.75, 3.05) is 13.1 Å². The van der Waals surface area contributed by atoms with Gasteiger partial charge in [0.05, 0.1) is 10.5 Å². The first-order chi connectivity index (χ1) is 22.1. The number of alkyl halides is 3. The largest absolute Gasteiger partial charge is 0.489 e. The lowest BCUT2D eigenvalue weighted by Gasteiger charge is -2.16. The third-order valence-corrected chi connectivity index (χ3v) is 7.78. The van der Waals surface area contributed by atoms with Crippen molar-refractivity contribution in [3.63, 3.8) is 0 Å². The molecule has 1 amide bonds. The SMILES string of the molecule is CC(=O)NCCNCc1ccc(OCc2cccc(-c3ccccc3)c2C)cc1OCc1ccc2nc(C(F)(F)F)cc(Cl)c2c1. The Morgan fingerprint density at radius 1 is 0.870 bits per heavy atom. The molecule has 46 heavy (non-hydrogen) atoms. The summed E-state index contributed by atoms with van der Waals surface area (Å²) in [6.45, 7) is 5.56. The fraction of sp³-hybridized carbons (Fsp3) is 0.222. The maximum atomic E-state index is 13.2. The first-order valence-electron chi connectivity index (χ1n) is 14.7. The average Bonchev–Trinajstić information content (AvgIpc) is 3.03. The van der Waals surface area contributed by atoms with Gasteiger partial charge in [0, 0.05) is 43.6 Å². The Bertz CT molecular complexity index is 1830. The fourth-order valence-corrected chi connectivity index (χ4v) is 5.27. The van der Waals surface area contributed by atoms with Gasteiger partial charge in [0.15, 0.2) is 0 Å². The second-order valence-corrected chi connectivity index (χ2v) is 11.2. The maximum Gasteiger partial charge on any atom is 0.433 e. The molecule has 0 aliphatic rings. The summed E-state index contributed by atoms with van der Waals surface area (Å²) >= 11 is 6.21. The first kappa shape index (κ1) is 32.8. The van der Waals surface area contributed by atoms with Gasteiger partial charge in [-0.2, -0.15) is 13.2 Å². The van der Waals surface area contributed by atoms with Crippen LogP contribution in [0.2, 0.25) is 5.02 Å². The van der Waals surface area contributed by atoms with Gasteiger partial charge in [0.1, 0.15) is 30.4 Å². The Hall–Kier alpha value is -4.60. The topological polar surface area (TPSA) is 72.5 Å². The minimum absolute atomic E-state index is 0.0368. The first-order valence-corrected chi connectivity index (χ1v) is 15.1. The van der Waals surface area contributed by atoms with Crippen LogP contribution in [0.15, 0.2) is 91.0 Å². The predicted molar refractivity (Wildman–Crippen MR) is 174 cm³/mol. The highest BCUT2D eigenvalue weighted by Crippen LogP contribution is 2.34. The highest BCUT2D eigenvalue weighted by Gasteiger charge is 2.33. The number of hydrogen-bond donors (Lipinski definition) is 2. The van der Waals surface area contributed by atoms with Gasteiger partial charge >= 0.3 is 6.18 Å². The summed E-state index contributed by atoms with van der Waals surface area (Å²) in [6.07, 6.45) is -4.59. The van der Waals surface area contributed by atoms with Crippen molar-refractivity contribution >= 4 is 28.4 Å². The van der Waals surface area contributed by atoms with Crippen LogP contribution in [0.5, 0.6) is 11.5 Å². The second kappa shape index (κ2) is 14.7. The number of hydrogen-bond acceptors (Lipinski definition) is 5. The number of aromatic nitrogens is 1. The van der Waals surface area contributed by atoms with Crippen molar-refractivity contribution in [2.24, 2.45) is 0 Å². The molecule has 238 valence electrons. The van der Waals surface area contributed by atoms with Gasteiger partial charge in [0.25, 0.3) is 0 Å². The molecular weight excluding hydrogens is 615 g/mol. The molecule has 0 atom stereocenters. The van der Waals surface area contributed by atoms with Crippen LogP contribution >= 0.6 is 11.6 Å². The van der Waals surface area contributed by atoms with Crippen molar-refractivity contribution in [3.05, 3.63) is 124 Å². The summed E-state index contributed by atoms with van der Waals surface area (Å²) in [5, 5.41) is 6.42. The third kappa shape index (κ3) is 8.35. The Morgan fingerprint density at radius 2 is 1.67 bits per heavy atom. The number of rotatable bonds is 12. The molecule has 0 saturated heterocycles. The molecule has 6 nitrogen and oxygen atoms in total. The van der Waals surface area contributed by atoms with Crippen molar-refractivity contribution < 1.29 is 27.4 Å². The van der Waals surface area contributed by atoms with E-state index in [0.717, 1.165) is 33.9 Å². The maximum absolute atomic E-state index is 13.2. The monoisotopic (exact) mass is 647 g/mol. The standard InChI is InChI=1S/C36H33ClF3N3O3/c1-23-28(9-6-10-30(23)26-7-4-3-5-8-26)22-45-29-13-12-27(20-41-15-16-42-24(2)44)34(18-29)46-21-25-11-14-33-31(17-25)32(37)19-35(43-33)36(38,39)40/h3-14,17-19,41H,15-16,20-22H2,1-2H3,(H,42,44). The highest BCUT2D eigenvalue weighted by molar-refractivity contribution is 6.35. The lowest BCUT2D eigenvalue weighted by Crippen LogP contribution is -2.30. The van der Waals surface area contributed by atoms with Gasteiger partial charge in [-0.3, -0.25) is 4.79 Å². The molecule has 5 aromatic rings. The number of fused-ring (bicyclic) bond motifs is 1. The van der Waals surface area contributed by atoms with Crippen LogP contribution in [0.3, 0.4) is 0 Å². The van der Waals surface area contributed by atoms with Gasteiger partial charge < -0.3 is 20.1 Å². The molecule has 0 saturated carbocycles. The van der Waals surface area contributed by atoms with E-state index in [2.05, 4.69) is 40.7 Å². The molecule has 2 N–H and O–H groups in total. The molecular formula is C36H33ClF3N3O3. The quantitative estimate of drug-likeness (QED) is 0.133. The van der Waals surface area contributed by atoms with E-state index in [4.69, 9.17) is 21.1 Å². The number of pyridine rings is 1. The van der Waals surface area contributed by atoms with Crippen LogP contribution < -0.4 is 20.1 Å². The van der Waals surface area contributed by atoms with Crippen LogP contribution in [0, 0.1) is 6.92 Å². The summed E-state index contributed by atoms with van der Waals surface area (Å²) in [7, 11) is 0. The van der Waals surface area contributed by atoms with E-state index in [9.17, 15) is 18.0 Å². The van der Waals surface area contributed by atoms with E-state index in [1.165, 1.54) is 13.0 Å². The van der Waals surface area contributed by atoms with Crippen LogP contribution in [0.25, 0.3) is 22.0 Å². The molecule has 0 radical (unpaired) electrons. The zero-order valence-corrected chi connectivity index (χ0v) is 26.1. The number of amides is 1. The minimum atomic E-state index is -4.59. The number of ether oxygens (including phenoxy) is 2. The summed E-state index contributed by atoms with van der Waals surface area (Å²) in [6, 6.07) is 27.7. The summed E-state index contributed by atoms with van der Waals surface area (Å²) in [5.41, 5.74) is 5.16. The summed E-state index contributed by atoms with van der Waals surface area (Å²) in [4.78, 5) is 14.9. The van der Waals surface area contributed by atoms with Crippen LogP contribution in [0.1, 0.15) is 34.9 Å². The molecule has 1 aromatic heterocycles. The second-order valence-electron chi connectivity index (χ2n) is 10.8. The molecule has 0 spiro atoms. The Kier molecular flexibility index (Phi) is 10.4. The zero-order chi connectivity index (χ0) is 32.7. The molecule has 0 unspecified atom stereocenters. The molecule has 0 fully saturated rings. The normalized spacial score (nSPS) is 11.4. The third-order valence-electron chi connectivity index (χ3n) is 7.46. The molecule has 1 heterocycles. The van der Waals surface area contributed by atoms with Gasteiger partial charge in [-0.1, -0.05) is 72.3 Å². The molecule has 0 aliphatic heterocycles. The van der Waals surface area contributed by atoms with Crippen molar-refractivity contribution in [2.45, 2.75) is 39.8 Å². The number of carbonyl (C=O) groups is 1. The Morgan fingerprint density at radius 3 is 2.43 bits per heavy atom. The smallest absolute Gasteiger partial charge is 0.433 e. The lowest BCUT2D eigenvalue weighted by molar-refractivity contribution is -0.141. The fourth-order valence-electron chi connectivity index (χ4n) is 5.01. The summed E-state index contributed by atoms with van der Waals surface area (Å²) in [5.74, 6) is 1.10. The van der Waals surface area contributed by atoms with Crippen LogP contribution in [-0.4, -0.2) is 24.0 Å². The van der Waals surface area contributed by atoms with E-state index in [1.807, 2.05) is 48.5 Å². The molecule has 0 bridgehead atoms. The van der Waals surface area contributed by atoms with Crippen molar-refractivity contribution in [1.29, 1.82) is 0 Å². The summed E-state index contributed by atoms with van der Waals surface area (Å²) < 4.78 is 52.1. The minimum Gasteiger partial charge on any atom is -0.489 e. The predicted octanol–water partition coefficient (Wildman–Crippen LogP) is 8.27. The van der Waals surface area contributed by atoms with E-state index in [0.29, 0.717) is 48.7 Å². The van der Waals surface area contributed by atoms with Gasteiger partial charge in [-0.05, 0) is 59.0 Å². The molecule has 4 aromatic carbocycles. The number of halogens is 4. The molecule has 0 aliphatic carbocycles. The Labute approximate surface area is 270 Å². The zero-order valence-electron chi connectivity index (χ0n) is 25.4. The average molecular weight is 648 g/mol. The van der Waals surface area contributed by atoms with E-state index >= 15 is 0 Å². The van der Waals surface area contributed by atoms with Crippen LogP contribution in [0.4, 0.5) is 13.2 Å². The van der Waals surface area contributed by atoms with E-state index in [-0.39, 0.29) is 23.1 Å². The van der Waals surface area contributed by atoms with E-state index in [1.54, 1.807) is 12.1 Å². The number of benzene rings is 4. The number of nitrogens with zero attached hydrogens (tertiary/aromatic N) is 1.